The average molecular weight is 435 g/mol. The number of rotatable bonds is 11. The van der Waals surface area contributed by atoms with Crippen molar-refractivity contribution in [3.05, 3.63) is 59.7 Å². The summed E-state index contributed by atoms with van der Waals surface area (Å²) in [7, 11) is -2.37. The van der Waals surface area contributed by atoms with Crippen LogP contribution in [-0.2, 0) is 26.1 Å². The van der Waals surface area contributed by atoms with E-state index >= 15 is 0 Å². The summed E-state index contributed by atoms with van der Waals surface area (Å²) < 4.78 is 38.5. The summed E-state index contributed by atoms with van der Waals surface area (Å²) >= 11 is 0. The molecule has 1 amide bonds. The van der Waals surface area contributed by atoms with Crippen molar-refractivity contribution in [2.45, 2.75) is 38.3 Å². The molecule has 0 aliphatic carbocycles. The SMILES string of the molecule is CCOc1ccc(S(=O)(=O)N(CC(=O)N[C@H](C)COC)Cc2ccccc2)cc1C. The third-order valence-electron chi connectivity index (χ3n) is 4.43. The number of amides is 1. The predicted octanol–water partition coefficient (Wildman–Crippen LogP) is 2.74. The Bertz CT molecular complexity index is 932. The molecule has 0 aliphatic rings. The van der Waals surface area contributed by atoms with Gasteiger partial charge in [0.25, 0.3) is 0 Å². The molecule has 1 atom stereocenters. The van der Waals surface area contributed by atoms with Gasteiger partial charge < -0.3 is 14.8 Å². The summed E-state index contributed by atoms with van der Waals surface area (Å²) in [6.07, 6.45) is 0. The van der Waals surface area contributed by atoms with Crippen LogP contribution >= 0.6 is 0 Å². The normalized spacial score (nSPS) is 12.6. The van der Waals surface area contributed by atoms with Crippen LogP contribution in [0.5, 0.6) is 5.75 Å². The molecule has 0 aliphatic heterocycles. The number of hydrogen-bond acceptors (Lipinski definition) is 5. The molecular formula is C22H30N2O5S. The third kappa shape index (κ3) is 6.55. The highest BCUT2D eigenvalue weighted by molar-refractivity contribution is 7.89. The average Bonchev–Trinajstić information content (AvgIpc) is 2.70. The molecule has 0 heterocycles. The first kappa shape index (κ1) is 23.9. The minimum absolute atomic E-state index is 0.0848. The van der Waals surface area contributed by atoms with E-state index in [-0.39, 0.29) is 29.9 Å². The van der Waals surface area contributed by atoms with Crippen LogP contribution in [0.3, 0.4) is 0 Å². The van der Waals surface area contributed by atoms with Crippen LogP contribution < -0.4 is 10.1 Å². The van der Waals surface area contributed by atoms with Gasteiger partial charge in [0.2, 0.25) is 15.9 Å². The molecule has 1 N–H and O–H groups in total. The topological polar surface area (TPSA) is 84.9 Å². The molecule has 0 unspecified atom stereocenters. The fourth-order valence-corrected chi connectivity index (χ4v) is 4.50. The number of carbonyl (C=O) groups is 1. The van der Waals surface area contributed by atoms with E-state index in [0.717, 1.165) is 11.1 Å². The van der Waals surface area contributed by atoms with Crippen molar-refractivity contribution >= 4 is 15.9 Å². The third-order valence-corrected chi connectivity index (χ3v) is 6.22. The summed E-state index contributed by atoms with van der Waals surface area (Å²) in [5.41, 5.74) is 1.51. The number of sulfonamides is 1. The lowest BCUT2D eigenvalue weighted by atomic mass is 10.2. The lowest BCUT2D eigenvalue weighted by Crippen LogP contribution is -2.44. The number of benzene rings is 2. The Morgan fingerprint density at radius 3 is 2.47 bits per heavy atom. The van der Waals surface area contributed by atoms with Crippen LogP contribution in [0.4, 0.5) is 0 Å². The first-order chi connectivity index (χ1) is 14.3. The highest BCUT2D eigenvalue weighted by Gasteiger charge is 2.28. The summed E-state index contributed by atoms with van der Waals surface area (Å²) in [6.45, 7) is 6.09. The Morgan fingerprint density at radius 1 is 1.17 bits per heavy atom. The monoisotopic (exact) mass is 434 g/mol. The molecule has 2 rings (SSSR count). The second kappa shape index (κ2) is 11.1. The van der Waals surface area contributed by atoms with Crippen molar-refractivity contribution < 1.29 is 22.7 Å². The van der Waals surface area contributed by atoms with E-state index in [4.69, 9.17) is 9.47 Å². The van der Waals surface area contributed by atoms with E-state index in [0.29, 0.717) is 19.0 Å². The van der Waals surface area contributed by atoms with E-state index in [9.17, 15) is 13.2 Å². The molecule has 2 aromatic rings. The van der Waals surface area contributed by atoms with E-state index in [1.807, 2.05) is 37.3 Å². The standard InChI is InChI=1S/C22H30N2O5S/c1-5-29-21-12-11-20(13-17(21)2)30(26,27)24(14-19-9-7-6-8-10-19)15-22(25)23-18(3)16-28-4/h6-13,18H,5,14-16H2,1-4H3,(H,23,25)/t18-/m1/s1. The van der Waals surface area contributed by atoms with E-state index < -0.39 is 10.0 Å². The molecule has 7 nitrogen and oxygen atoms in total. The zero-order chi connectivity index (χ0) is 22.1. The van der Waals surface area contributed by atoms with Crippen molar-refractivity contribution in [1.82, 2.24) is 9.62 Å². The summed E-state index contributed by atoms with van der Waals surface area (Å²) in [5.74, 6) is 0.249. The number of methoxy groups -OCH3 is 1. The first-order valence-corrected chi connectivity index (χ1v) is 11.3. The maximum Gasteiger partial charge on any atom is 0.243 e. The second-order valence-electron chi connectivity index (χ2n) is 7.04. The van der Waals surface area contributed by atoms with E-state index in [1.165, 1.54) is 10.4 Å². The Morgan fingerprint density at radius 2 is 1.87 bits per heavy atom. The Labute approximate surface area is 179 Å². The van der Waals surface area contributed by atoms with E-state index in [1.54, 1.807) is 33.1 Å². The van der Waals surface area contributed by atoms with Gasteiger partial charge in [-0.1, -0.05) is 30.3 Å². The van der Waals surface area contributed by atoms with Gasteiger partial charge >= 0.3 is 0 Å². The van der Waals surface area contributed by atoms with Crippen LogP contribution in [0.1, 0.15) is 25.0 Å². The fourth-order valence-electron chi connectivity index (χ4n) is 3.03. The van der Waals surface area contributed by atoms with Gasteiger partial charge in [-0.15, -0.1) is 0 Å². The number of carbonyl (C=O) groups excluding carboxylic acids is 1. The van der Waals surface area contributed by atoms with Crippen LogP contribution in [0.25, 0.3) is 0 Å². The van der Waals surface area contributed by atoms with E-state index in [2.05, 4.69) is 5.32 Å². The van der Waals surface area contributed by atoms with Crippen molar-refractivity contribution in [2.24, 2.45) is 0 Å². The smallest absolute Gasteiger partial charge is 0.243 e. The van der Waals surface area contributed by atoms with Gasteiger partial charge in [0, 0.05) is 19.7 Å². The molecule has 0 radical (unpaired) electrons. The van der Waals surface area contributed by atoms with Gasteiger partial charge in [-0.2, -0.15) is 4.31 Å². The zero-order valence-corrected chi connectivity index (χ0v) is 18.7. The summed E-state index contributed by atoms with van der Waals surface area (Å²) in [4.78, 5) is 12.6. The predicted molar refractivity (Wildman–Crippen MR) is 116 cm³/mol. The molecule has 0 saturated heterocycles. The van der Waals surface area contributed by atoms with Gasteiger partial charge in [-0.25, -0.2) is 8.42 Å². The van der Waals surface area contributed by atoms with Gasteiger partial charge in [0.15, 0.2) is 0 Å². The van der Waals surface area contributed by atoms with Crippen molar-refractivity contribution in [3.8, 4) is 5.75 Å². The maximum atomic E-state index is 13.4. The minimum atomic E-state index is -3.91. The quantitative estimate of drug-likeness (QED) is 0.588. The molecule has 0 fully saturated rings. The van der Waals surface area contributed by atoms with Crippen LogP contribution in [-0.4, -0.2) is 51.5 Å². The number of ether oxygens (including phenoxy) is 2. The Hall–Kier alpha value is -2.42. The molecule has 8 heteroatoms. The highest BCUT2D eigenvalue weighted by Crippen LogP contribution is 2.25. The van der Waals surface area contributed by atoms with Gasteiger partial charge in [-0.3, -0.25) is 4.79 Å². The molecular weight excluding hydrogens is 404 g/mol. The van der Waals surface area contributed by atoms with Gasteiger partial charge in [0.1, 0.15) is 5.75 Å². The highest BCUT2D eigenvalue weighted by atomic mass is 32.2. The fraction of sp³-hybridized carbons (Fsp3) is 0.409. The number of nitrogens with zero attached hydrogens (tertiary/aromatic N) is 1. The van der Waals surface area contributed by atoms with Crippen LogP contribution in [0, 0.1) is 6.92 Å². The van der Waals surface area contributed by atoms with Gasteiger partial charge in [0.05, 0.1) is 24.7 Å². The lowest BCUT2D eigenvalue weighted by Gasteiger charge is -2.23. The maximum absolute atomic E-state index is 13.4. The molecule has 164 valence electrons. The van der Waals surface area contributed by atoms with Crippen molar-refractivity contribution in [2.75, 3.05) is 26.9 Å². The van der Waals surface area contributed by atoms with Crippen molar-refractivity contribution in [3.63, 3.8) is 0 Å². The Kier molecular flexibility index (Phi) is 8.83. The first-order valence-electron chi connectivity index (χ1n) is 9.83. The number of nitrogens with one attached hydrogen (secondary N) is 1. The lowest BCUT2D eigenvalue weighted by molar-refractivity contribution is -0.122. The summed E-state index contributed by atoms with van der Waals surface area (Å²) in [6, 6.07) is 13.7. The largest absolute Gasteiger partial charge is 0.494 e. The zero-order valence-electron chi connectivity index (χ0n) is 17.9. The van der Waals surface area contributed by atoms with Crippen LogP contribution in [0.15, 0.2) is 53.4 Å². The molecule has 30 heavy (non-hydrogen) atoms. The minimum Gasteiger partial charge on any atom is -0.494 e. The molecule has 0 spiro atoms. The van der Waals surface area contributed by atoms with Crippen LogP contribution in [0.2, 0.25) is 0 Å². The Balaban J connectivity index is 2.31. The number of hydrogen-bond donors (Lipinski definition) is 1. The van der Waals surface area contributed by atoms with Gasteiger partial charge in [-0.05, 0) is 50.1 Å². The molecule has 0 aromatic heterocycles. The number of aryl methyl sites for hydroxylation is 1. The van der Waals surface area contributed by atoms with Crippen molar-refractivity contribution in [1.29, 1.82) is 0 Å². The summed E-state index contributed by atoms with van der Waals surface area (Å²) in [5, 5.41) is 2.77. The molecule has 2 aromatic carbocycles. The molecule has 0 bridgehead atoms. The molecule has 0 saturated carbocycles. The second-order valence-corrected chi connectivity index (χ2v) is 8.98.